The van der Waals surface area contributed by atoms with E-state index in [1.54, 1.807) is 0 Å². The van der Waals surface area contributed by atoms with Crippen LogP contribution in [0.5, 0.6) is 0 Å². The van der Waals surface area contributed by atoms with Gasteiger partial charge in [0, 0.05) is 38.6 Å². The summed E-state index contributed by atoms with van der Waals surface area (Å²) in [4.78, 5) is 17.4. The summed E-state index contributed by atoms with van der Waals surface area (Å²) in [6.45, 7) is 10.5. The van der Waals surface area contributed by atoms with E-state index in [1.165, 1.54) is 25.7 Å². The summed E-state index contributed by atoms with van der Waals surface area (Å²) in [7, 11) is 0. The van der Waals surface area contributed by atoms with Crippen LogP contribution in [0.2, 0.25) is 0 Å². The van der Waals surface area contributed by atoms with Crippen LogP contribution in [0.1, 0.15) is 52.4 Å². The molecule has 0 aromatic heterocycles. The van der Waals surface area contributed by atoms with Crippen LogP contribution < -0.4 is 5.32 Å². The van der Waals surface area contributed by atoms with Crippen molar-refractivity contribution in [2.75, 3.05) is 39.3 Å². The first kappa shape index (κ1) is 24.0. The Hall–Kier alpha value is -0.0700. The van der Waals surface area contributed by atoms with Gasteiger partial charge in [-0.15, -0.1) is 24.8 Å². The third-order valence-electron chi connectivity index (χ3n) is 5.89. The number of piperidine rings is 1. The molecule has 0 spiro atoms. The van der Waals surface area contributed by atoms with Crippen LogP contribution in [0, 0.1) is 5.92 Å². The van der Waals surface area contributed by atoms with Gasteiger partial charge in [-0.1, -0.05) is 0 Å². The number of rotatable bonds is 5. The van der Waals surface area contributed by atoms with Crippen molar-refractivity contribution in [3.05, 3.63) is 0 Å². The lowest BCUT2D eigenvalue weighted by Crippen LogP contribution is -2.51. The lowest BCUT2D eigenvalue weighted by atomic mass is 9.93. The van der Waals surface area contributed by atoms with Gasteiger partial charge in [0.25, 0.3) is 0 Å². The molecule has 5 nitrogen and oxygen atoms in total. The first-order valence-corrected chi connectivity index (χ1v) is 10.00. The van der Waals surface area contributed by atoms with Crippen molar-refractivity contribution in [3.63, 3.8) is 0 Å². The Morgan fingerprint density at radius 3 is 2.38 bits per heavy atom. The summed E-state index contributed by atoms with van der Waals surface area (Å²) in [6, 6.07) is 0.419. The number of hydrogen-bond donors (Lipinski definition) is 1. The first-order valence-electron chi connectivity index (χ1n) is 10.00. The Kier molecular flexibility index (Phi) is 10.8. The fourth-order valence-corrected chi connectivity index (χ4v) is 4.73. The van der Waals surface area contributed by atoms with E-state index >= 15 is 0 Å². The van der Waals surface area contributed by atoms with E-state index in [9.17, 15) is 4.79 Å². The summed E-state index contributed by atoms with van der Waals surface area (Å²) in [5, 5.41) is 3.41. The molecular formula is C19H37Cl2N3O2. The molecule has 3 aliphatic rings. The molecule has 0 aromatic carbocycles. The minimum absolute atomic E-state index is 0. The molecule has 3 aliphatic heterocycles. The number of carbonyl (C=O) groups is 1. The SMILES string of the molecule is CC1CN(CC2CCCN2C(=O)CCC2CCNCC2)CC(C)O1.Cl.Cl. The lowest BCUT2D eigenvalue weighted by molar-refractivity contribution is -0.133. The zero-order valence-electron chi connectivity index (χ0n) is 16.3. The molecule has 3 fully saturated rings. The number of nitrogens with zero attached hydrogens (tertiary/aromatic N) is 2. The van der Waals surface area contributed by atoms with Gasteiger partial charge in [-0.05, 0) is 65.0 Å². The third kappa shape index (κ3) is 6.83. The number of amides is 1. The van der Waals surface area contributed by atoms with Crippen molar-refractivity contribution in [3.8, 4) is 0 Å². The molecule has 1 N–H and O–H groups in total. The third-order valence-corrected chi connectivity index (χ3v) is 5.89. The van der Waals surface area contributed by atoms with Gasteiger partial charge in [0.2, 0.25) is 5.91 Å². The van der Waals surface area contributed by atoms with E-state index in [2.05, 4.69) is 29.0 Å². The minimum atomic E-state index is 0. The summed E-state index contributed by atoms with van der Waals surface area (Å²) in [6.07, 6.45) is 7.24. The highest BCUT2D eigenvalue weighted by molar-refractivity contribution is 5.85. The summed E-state index contributed by atoms with van der Waals surface area (Å²) >= 11 is 0. The number of nitrogens with one attached hydrogen (secondary N) is 1. The number of morpholine rings is 1. The van der Waals surface area contributed by atoms with Gasteiger partial charge < -0.3 is 15.0 Å². The zero-order valence-corrected chi connectivity index (χ0v) is 18.0. The van der Waals surface area contributed by atoms with Gasteiger partial charge in [0.1, 0.15) is 0 Å². The van der Waals surface area contributed by atoms with Crippen LogP contribution >= 0.6 is 24.8 Å². The predicted molar refractivity (Wildman–Crippen MR) is 111 cm³/mol. The van der Waals surface area contributed by atoms with Crippen LogP contribution in [-0.4, -0.2) is 73.2 Å². The van der Waals surface area contributed by atoms with E-state index in [4.69, 9.17) is 4.74 Å². The molecule has 3 rings (SSSR count). The normalized spacial score (nSPS) is 30.5. The average Bonchev–Trinajstić information content (AvgIpc) is 3.01. The van der Waals surface area contributed by atoms with E-state index in [0.29, 0.717) is 24.2 Å². The average molecular weight is 410 g/mol. The summed E-state index contributed by atoms with van der Waals surface area (Å²) in [5.41, 5.74) is 0. The van der Waals surface area contributed by atoms with Gasteiger partial charge in [-0.3, -0.25) is 9.69 Å². The maximum atomic E-state index is 12.7. The van der Waals surface area contributed by atoms with Crippen LogP contribution in [0.25, 0.3) is 0 Å². The second kappa shape index (κ2) is 11.7. The Morgan fingerprint density at radius 2 is 1.73 bits per heavy atom. The topological polar surface area (TPSA) is 44.8 Å². The van der Waals surface area contributed by atoms with E-state index in [0.717, 1.165) is 58.0 Å². The van der Waals surface area contributed by atoms with Crippen molar-refractivity contribution < 1.29 is 9.53 Å². The van der Waals surface area contributed by atoms with Crippen molar-refractivity contribution in [2.24, 2.45) is 5.92 Å². The highest BCUT2D eigenvalue weighted by Crippen LogP contribution is 2.24. The molecule has 7 heteroatoms. The van der Waals surface area contributed by atoms with Crippen LogP contribution in [0.15, 0.2) is 0 Å². The second-order valence-corrected chi connectivity index (χ2v) is 8.09. The molecule has 3 atom stereocenters. The summed E-state index contributed by atoms with van der Waals surface area (Å²) in [5.74, 6) is 1.14. The quantitative estimate of drug-likeness (QED) is 0.757. The molecule has 26 heavy (non-hydrogen) atoms. The molecule has 0 saturated carbocycles. The maximum Gasteiger partial charge on any atom is 0.222 e. The molecule has 3 heterocycles. The Morgan fingerprint density at radius 1 is 1.08 bits per heavy atom. The van der Waals surface area contributed by atoms with Gasteiger partial charge in [0.05, 0.1) is 12.2 Å². The van der Waals surface area contributed by atoms with Crippen LogP contribution in [0.3, 0.4) is 0 Å². The van der Waals surface area contributed by atoms with E-state index in [1.807, 2.05) is 0 Å². The van der Waals surface area contributed by atoms with E-state index in [-0.39, 0.29) is 24.8 Å². The minimum Gasteiger partial charge on any atom is -0.373 e. The van der Waals surface area contributed by atoms with Crippen molar-refractivity contribution in [1.29, 1.82) is 0 Å². The molecule has 0 aliphatic carbocycles. The number of ether oxygens (including phenoxy) is 1. The predicted octanol–water partition coefficient (Wildman–Crippen LogP) is 2.71. The molecule has 3 saturated heterocycles. The first-order chi connectivity index (χ1) is 11.6. The largest absolute Gasteiger partial charge is 0.373 e. The monoisotopic (exact) mass is 409 g/mol. The fraction of sp³-hybridized carbons (Fsp3) is 0.947. The van der Waals surface area contributed by atoms with Crippen LogP contribution in [-0.2, 0) is 9.53 Å². The highest BCUT2D eigenvalue weighted by Gasteiger charge is 2.32. The molecular weight excluding hydrogens is 373 g/mol. The van der Waals surface area contributed by atoms with Gasteiger partial charge >= 0.3 is 0 Å². The number of carbonyl (C=O) groups excluding carboxylic acids is 1. The molecule has 0 radical (unpaired) electrons. The van der Waals surface area contributed by atoms with Crippen molar-refractivity contribution in [1.82, 2.24) is 15.1 Å². The fourth-order valence-electron chi connectivity index (χ4n) is 4.73. The summed E-state index contributed by atoms with van der Waals surface area (Å²) < 4.78 is 5.83. The standard InChI is InChI=1S/C19H35N3O2.2ClH/c1-15-12-21(13-16(2)24-15)14-18-4-3-11-22(18)19(23)6-5-17-7-9-20-10-8-17;;/h15-18,20H,3-14H2,1-2H3;2*1H. The highest BCUT2D eigenvalue weighted by atomic mass is 35.5. The molecule has 1 amide bonds. The number of likely N-dealkylation sites (tertiary alicyclic amines) is 1. The molecule has 0 bridgehead atoms. The molecule has 0 aromatic rings. The number of halogens is 2. The molecule has 154 valence electrons. The van der Waals surface area contributed by atoms with E-state index < -0.39 is 0 Å². The number of hydrogen-bond acceptors (Lipinski definition) is 4. The van der Waals surface area contributed by atoms with Crippen molar-refractivity contribution in [2.45, 2.75) is 70.6 Å². The van der Waals surface area contributed by atoms with Crippen LogP contribution in [0.4, 0.5) is 0 Å². The zero-order chi connectivity index (χ0) is 16.9. The van der Waals surface area contributed by atoms with Gasteiger partial charge in [0.15, 0.2) is 0 Å². The lowest BCUT2D eigenvalue weighted by Gasteiger charge is -2.38. The van der Waals surface area contributed by atoms with Crippen molar-refractivity contribution >= 4 is 30.7 Å². The molecule has 3 unspecified atom stereocenters. The Bertz CT molecular complexity index is 412. The van der Waals surface area contributed by atoms with Gasteiger partial charge in [-0.25, -0.2) is 0 Å². The second-order valence-electron chi connectivity index (χ2n) is 8.09. The maximum absolute atomic E-state index is 12.7. The Labute approximate surface area is 171 Å². The smallest absolute Gasteiger partial charge is 0.222 e. The Balaban J connectivity index is 0.00000169. The van der Waals surface area contributed by atoms with Gasteiger partial charge in [-0.2, -0.15) is 0 Å².